The van der Waals surface area contributed by atoms with E-state index in [2.05, 4.69) is 0 Å². The zero-order chi connectivity index (χ0) is 7.73. The Morgan fingerprint density at radius 1 is 1.36 bits per heavy atom. The molecule has 0 unspecified atom stereocenters. The van der Waals surface area contributed by atoms with Gasteiger partial charge in [0.15, 0.2) is 0 Å². The summed E-state index contributed by atoms with van der Waals surface area (Å²) in [5, 5.41) is 0. The lowest BCUT2D eigenvalue weighted by Gasteiger charge is -2.35. The normalized spacial score (nSPS) is 45.0. The van der Waals surface area contributed by atoms with E-state index < -0.39 is 0 Å². The van der Waals surface area contributed by atoms with Crippen molar-refractivity contribution in [1.29, 1.82) is 0 Å². The molecule has 0 radical (unpaired) electrons. The van der Waals surface area contributed by atoms with Gasteiger partial charge in [0, 0.05) is 25.7 Å². The summed E-state index contributed by atoms with van der Waals surface area (Å²) in [6.45, 7) is 2.40. The highest BCUT2D eigenvalue weighted by atomic mass is 16.6. The number of ether oxygens (including phenoxy) is 2. The Morgan fingerprint density at radius 2 is 2.27 bits per heavy atom. The third-order valence-corrected chi connectivity index (χ3v) is 2.60. The fourth-order valence-electron chi connectivity index (χ4n) is 1.93. The number of hydrogen-bond donors (Lipinski definition) is 1. The van der Waals surface area contributed by atoms with Crippen LogP contribution in [0.25, 0.3) is 0 Å². The fraction of sp³-hybridized carbons (Fsp3) is 1.00. The van der Waals surface area contributed by atoms with E-state index in [4.69, 9.17) is 15.2 Å². The monoisotopic (exact) mass is 157 g/mol. The summed E-state index contributed by atoms with van der Waals surface area (Å²) in [6, 6.07) is 0.324. The van der Waals surface area contributed by atoms with Gasteiger partial charge in [-0.25, -0.2) is 0 Å². The fourth-order valence-corrected chi connectivity index (χ4v) is 1.93. The van der Waals surface area contributed by atoms with E-state index in [1.807, 2.05) is 0 Å². The molecule has 2 aliphatic heterocycles. The van der Waals surface area contributed by atoms with Crippen molar-refractivity contribution in [3.05, 3.63) is 0 Å². The summed E-state index contributed by atoms with van der Waals surface area (Å²) in [7, 11) is 0. The maximum absolute atomic E-state index is 5.85. The van der Waals surface area contributed by atoms with Crippen molar-refractivity contribution >= 4 is 0 Å². The first-order valence-corrected chi connectivity index (χ1v) is 4.28. The van der Waals surface area contributed by atoms with Crippen molar-refractivity contribution < 1.29 is 9.47 Å². The minimum atomic E-state index is -0.00231. The Balaban J connectivity index is 2.00. The highest BCUT2D eigenvalue weighted by molar-refractivity contribution is 4.91. The molecule has 0 aromatic carbocycles. The second-order valence-corrected chi connectivity index (χ2v) is 3.59. The van der Waals surface area contributed by atoms with Gasteiger partial charge in [0.05, 0.1) is 12.2 Å². The molecule has 0 aromatic rings. The molecule has 2 rings (SSSR count). The molecule has 64 valence electrons. The van der Waals surface area contributed by atoms with Crippen LogP contribution in [-0.2, 0) is 9.47 Å². The molecule has 3 nitrogen and oxygen atoms in total. The van der Waals surface area contributed by atoms with Crippen molar-refractivity contribution in [1.82, 2.24) is 0 Å². The van der Waals surface area contributed by atoms with Gasteiger partial charge in [-0.1, -0.05) is 0 Å². The third-order valence-electron chi connectivity index (χ3n) is 2.60. The molecule has 0 amide bonds. The van der Waals surface area contributed by atoms with Crippen LogP contribution in [0.3, 0.4) is 0 Å². The first-order chi connectivity index (χ1) is 5.31. The summed E-state index contributed by atoms with van der Waals surface area (Å²) in [5.74, 6) is 0. The summed E-state index contributed by atoms with van der Waals surface area (Å²) < 4.78 is 11.0. The van der Waals surface area contributed by atoms with Crippen molar-refractivity contribution in [3.63, 3.8) is 0 Å². The summed E-state index contributed by atoms with van der Waals surface area (Å²) in [5.41, 5.74) is 5.85. The molecule has 2 fully saturated rings. The Labute approximate surface area is 66.8 Å². The molecular weight excluding hydrogens is 142 g/mol. The van der Waals surface area contributed by atoms with Crippen LogP contribution in [0, 0.1) is 0 Å². The zero-order valence-electron chi connectivity index (χ0n) is 6.71. The summed E-state index contributed by atoms with van der Waals surface area (Å²) in [6.07, 6.45) is 3.01. The van der Waals surface area contributed by atoms with Crippen LogP contribution in [-0.4, -0.2) is 31.5 Å². The van der Waals surface area contributed by atoms with Crippen LogP contribution < -0.4 is 5.73 Å². The van der Waals surface area contributed by atoms with Crippen molar-refractivity contribution in [2.24, 2.45) is 5.73 Å². The molecule has 3 heteroatoms. The molecule has 2 N–H and O–H groups in total. The average Bonchev–Trinajstić information content (AvgIpc) is 2.37. The summed E-state index contributed by atoms with van der Waals surface area (Å²) in [4.78, 5) is 0. The maximum Gasteiger partial charge on any atom is 0.0951 e. The number of nitrogens with two attached hydrogens (primary N) is 1. The largest absolute Gasteiger partial charge is 0.378 e. The van der Waals surface area contributed by atoms with Gasteiger partial charge in [0.1, 0.15) is 0 Å². The molecule has 0 aliphatic carbocycles. The van der Waals surface area contributed by atoms with Crippen LogP contribution >= 0.6 is 0 Å². The Bertz CT molecular complexity index is 143. The highest BCUT2D eigenvalue weighted by Crippen LogP contribution is 2.31. The highest BCUT2D eigenvalue weighted by Gasteiger charge is 2.39. The average molecular weight is 157 g/mol. The molecule has 2 atom stereocenters. The van der Waals surface area contributed by atoms with Gasteiger partial charge in [-0.2, -0.15) is 0 Å². The van der Waals surface area contributed by atoms with Gasteiger partial charge in [-0.3, -0.25) is 0 Å². The minimum Gasteiger partial charge on any atom is -0.378 e. The molecule has 2 heterocycles. The van der Waals surface area contributed by atoms with E-state index in [-0.39, 0.29) is 5.60 Å². The first kappa shape index (κ1) is 7.53. The van der Waals surface area contributed by atoms with Gasteiger partial charge < -0.3 is 15.2 Å². The van der Waals surface area contributed by atoms with Crippen LogP contribution in [0.15, 0.2) is 0 Å². The molecular formula is C8H15NO2. The standard InChI is InChI=1S/C8H15NO2/c9-7-1-3-11-8(5-7)2-4-10-6-8/h7H,1-6,9H2/t7-,8-/m0/s1. The lowest BCUT2D eigenvalue weighted by molar-refractivity contribution is -0.0851. The molecule has 11 heavy (non-hydrogen) atoms. The molecule has 0 saturated carbocycles. The summed E-state index contributed by atoms with van der Waals surface area (Å²) >= 11 is 0. The predicted octanol–water partition coefficient (Wildman–Crippen LogP) is 0.283. The predicted molar refractivity (Wildman–Crippen MR) is 41.3 cm³/mol. The molecule has 0 aromatic heterocycles. The van der Waals surface area contributed by atoms with Crippen molar-refractivity contribution in [2.75, 3.05) is 19.8 Å². The van der Waals surface area contributed by atoms with Gasteiger partial charge in [-0.05, 0) is 12.8 Å². The second kappa shape index (κ2) is 2.73. The van der Waals surface area contributed by atoms with E-state index >= 15 is 0 Å². The van der Waals surface area contributed by atoms with E-state index in [1.54, 1.807) is 0 Å². The van der Waals surface area contributed by atoms with Gasteiger partial charge in [0.25, 0.3) is 0 Å². The van der Waals surface area contributed by atoms with Crippen LogP contribution in [0.4, 0.5) is 0 Å². The van der Waals surface area contributed by atoms with Crippen LogP contribution in [0.1, 0.15) is 19.3 Å². The molecule has 0 bridgehead atoms. The van der Waals surface area contributed by atoms with Gasteiger partial charge >= 0.3 is 0 Å². The quantitative estimate of drug-likeness (QED) is 0.549. The van der Waals surface area contributed by atoms with Crippen molar-refractivity contribution in [2.45, 2.75) is 30.9 Å². The Kier molecular flexibility index (Phi) is 1.87. The SMILES string of the molecule is N[C@H]1CCO[C@@]2(CCOC2)C1. The van der Waals surface area contributed by atoms with E-state index in [1.165, 1.54) is 0 Å². The van der Waals surface area contributed by atoms with Crippen LogP contribution in [0.5, 0.6) is 0 Å². The molecule has 1 spiro atoms. The van der Waals surface area contributed by atoms with E-state index in [0.717, 1.165) is 39.1 Å². The zero-order valence-corrected chi connectivity index (χ0v) is 6.71. The Morgan fingerprint density at radius 3 is 2.91 bits per heavy atom. The Hall–Kier alpha value is -0.120. The first-order valence-electron chi connectivity index (χ1n) is 4.28. The molecule has 2 aliphatic rings. The van der Waals surface area contributed by atoms with Gasteiger partial charge in [-0.15, -0.1) is 0 Å². The maximum atomic E-state index is 5.85. The van der Waals surface area contributed by atoms with Crippen molar-refractivity contribution in [3.8, 4) is 0 Å². The molecule has 2 saturated heterocycles. The smallest absolute Gasteiger partial charge is 0.0951 e. The van der Waals surface area contributed by atoms with Crippen LogP contribution in [0.2, 0.25) is 0 Å². The van der Waals surface area contributed by atoms with E-state index in [9.17, 15) is 0 Å². The topological polar surface area (TPSA) is 44.5 Å². The second-order valence-electron chi connectivity index (χ2n) is 3.59. The van der Waals surface area contributed by atoms with Gasteiger partial charge in [0.2, 0.25) is 0 Å². The third kappa shape index (κ3) is 1.41. The lowest BCUT2D eigenvalue weighted by Crippen LogP contribution is -2.45. The minimum absolute atomic E-state index is 0.00231. The van der Waals surface area contributed by atoms with E-state index in [0.29, 0.717) is 6.04 Å². The number of hydrogen-bond acceptors (Lipinski definition) is 3. The number of rotatable bonds is 0. The lowest BCUT2D eigenvalue weighted by atomic mass is 9.90.